The molecule has 1 aromatic rings. The highest BCUT2D eigenvalue weighted by Gasteiger charge is 2.46. The van der Waals surface area contributed by atoms with Crippen molar-refractivity contribution < 1.29 is 9.21 Å². The van der Waals surface area contributed by atoms with Crippen LogP contribution in [0.1, 0.15) is 31.6 Å². The van der Waals surface area contributed by atoms with Crippen molar-refractivity contribution in [3.05, 3.63) is 5.89 Å². The lowest BCUT2D eigenvalue weighted by atomic mass is 9.84. The molecule has 2 rings (SSSR count). The SMILES string of the molecule is CNC1(C(N)=O)CCCC1CCSc1nnc(C)o1. The maximum absolute atomic E-state index is 11.7. The maximum atomic E-state index is 11.7. The largest absolute Gasteiger partial charge is 0.416 e. The molecule has 7 heteroatoms. The van der Waals surface area contributed by atoms with Gasteiger partial charge in [-0.05, 0) is 32.2 Å². The summed E-state index contributed by atoms with van der Waals surface area (Å²) >= 11 is 1.53. The van der Waals surface area contributed by atoms with Gasteiger partial charge in [0, 0.05) is 12.7 Å². The van der Waals surface area contributed by atoms with E-state index in [4.69, 9.17) is 10.2 Å². The summed E-state index contributed by atoms with van der Waals surface area (Å²) in [5.41, 5.74) is 5.03. The molecule has 0 radical (unpaired) electrons. The van der Waals surface area contributed by atoms with Gasteiger partial charge in [-0.1, -0.05) is 18.2 Å². The number of hydrogen-bond donors (Lipinski definition) is 2. The van der Waals surface area contributed by atoms with Gasteiger partial charge in [0.1, 0.15) is 5.54 Å². The number of likely N-dealkylation sites (N-methyl/N-ethyl adjacent to an activating group) is 1. The van der Waals surface area contributed by atoms with Gasteiger partial charge in [0.15, 0.2) is 0 Å². The highest BCUT2D eigenvalue weighted by atomic mass is 32.2. The Labute approximate surface area is 116 Å². The van der Waals surface area contributed by atoms with Crippen LogP contribution in [0.5, 0.6) is 0 Å². The number of hydrogen-bond acceptors (Lipinski definition) is 6. The second-order valence-corrected chi connectivity index (χ2v) is 5.95. The second kappa shape index (κ2) is 5.92. The van der Waals surface area contributed by atoms with Crippen LogP contribution in [0, 0.1) is 12.8 Å². The third kappa shape index (κ3) is 2.92. The van der Waals surface area contributed by atoms with Crippen molar-refractivity contribution in [2.24, 2.45) is 11.7 Å². The molecule has 1 aliphatic rings. The molecule has 2 atom stereocenters. The molecule has 0 aromatic carbocycles. The first kappa shape index (κ1) is 14.3. The molecule has 6 nitrogen and oxygen atoms in total. The van der Waals surface area contributed by atoms with Gasteiger partial charge in [0.05, 0.1) is 0 Å². The third-order valence-electron chi connectivity index (χ3n) is 3.91. The first-order chi connectivity index (χ1) is 9.08. The molecule has 0 spiro atoms. The maximum Gasteiger partial charge on any atom is 0.276 e. The number of nitrogens with zero attached hydrogens (tertiary/aromatic N) is 2. The Balaban J connectivity index is 1.89. The molecule has 0 aliphatic heterocycles. The van der Waals surface area contributed by atoms with Crippen molar-refractivity contribution in [1.29, 1.82) is 0 Å². The number of thioether (sulfide) groups is 1. The van der Waals surface area contributed by atoms with Gasteiger partial charge in [0.25, 0.3) is 5.22 Å². The number of nitrogens with one attached hydrogen (secondary N) is 1. The van der Waals surface area contributed by atoms with E-state index in [-0.39, 0.29) is 11.8 Å². The van der Waals surface area contributed by atoms with Crippen LogP contribution in [0.25, 0.3) is 0 Å². The van der Waals surface area contributed by atoms with Crippen molar-refractivity contribution in [2.75, 3.05) is 12.8 Å². The summed E-state index contributed by atoms with van der Waals surface area (Å²) in [7, 11) is 1.82. The lowest BCUT2D eigenvalue weighted by Crippen LogP contribution is -2.56. The summed E-state index contributed by atoms with van der Waals surface area (Å²) in [5, 5.41) is 11.5. The molecule has 19 heavy (non-hydrogen) atoms. The molecule has 1 heterocycles. The highest BCUT2D eigenvalue weighted by Crippen LogP contribution is 2.38. The average Bonchev–Trinajstić information content (AvgIpc) is 2.96. The van der Waals surface area contributed by atoms with Crippen LogP contribution in [-0.4, -0.2) is 34.4 Å². The van der Waals surface area contributed by atoms with Gasteiger partial charge in [-0.3, -0.25) is 4.79 Å². The van der Waals surface area contributed by atoms with Gasteiger partial charge >= 0.3 is 0 Å². The normalized spacial score (nSPS) is 26.7. The van der Waals surface area contributed by atoms with Crippen LogP contribution in [0.15, 0.2) is 9.64 Å². The Hall–Kier alpha value is -1.08. The lowest BCUT2D eigenvalue weighted by molar-refractivity contribution is -0.125. The number of amides is 1. The van der Waals surface area contributed by atoms with E-state index in [9.17, 15) is 4.79 Å². The predicted molar refractivity (Wildman–Crippen MR) is 72.7 cm³/mol. The number of carbonyl (C=O) groups excluding carboxylic acids is 1. The predicted octanol–water partition coefficient (Wildman–Crippen LogP) is 1.10. The van der Waals surface area contributed by atoms with E-state index in [1.54, 1.807) is 6.92 Å². The minimum Gasteiger partial charge on any atom is -0.416 e. The molecule has 1 aliphatic carbocycles. The molecule has 1 amide bonds. The summed E-state index contributed by atoms with van der Waals surface area (Å²) in [6.45, 7) is 1.77. The highest BCUT2D eigenvalue weighted by molar-refractivity contribution is 7.99. The third-order valence-corrected chi connectivity index (χ3v) is 4.76. The van der Waals surface area contributed by atoms with Gasteiger partial charge in [0.2, 0.25) is 11.8 Å². The van der Waals surface area contributed by atoms with E-state index in [1.165, 1.54) is 11.8 Å². The summed E-state index contributed by atoms with van der Waals surface area (Å²) in [6, 6.07) is 0. The van der Waals surface area contributed by atoms with Gasteiger partial charge in [-0.15, -0.1) is 10.2 Å². The zero-order valence-electron chi connectivity index (χ0n) is 11.3. The second-order valence-electron chi connectivity index (χ2n) is 4.90. The summed E-state index contributed by atoms with van der Waals surface area (Å²) in [6.07, 6.45) is 3.82. The first-order valence-electron chi connectivity index (χ1n) is 6.50. The fraction of sp³-hybridized carbons (Fsp3) is 0.750. The number of rotatable bonds is 6. The van der Waals surface area contributed by atoms with E-state index < -0.39 is 5.54 Å². The topological polar surface area (TPSA) is 94.0 Å². The lowest BCUT2D eigenvalue weighted by Gasteiger charge is -2.32. The van der Waals surface area contributed by atoms with E-state index in [1.807, 2.05) is 7.05 Å². The van der Waals surface area contributed by atoms with Crippen molar-refractivity contribution in [3.8, 4) is 0 Å². The number of nitrogens with two attached hydrogens (primary N) is 1. The van der Waals surface area contributed by atoms with Crippen LogP contribution >= 0.6 is 11.8 Å². The van der Waals surface area contributed by atoms with Crippen molar-refractivity contribution in [3.63, 3.8) is 0 Å². The summed E-state index contributed by atoms with van der Waals surface area (Å²) in [4.78, 5) is 11.7. The monoisotopic (exact) mass is 284 g/mol. The summed E-state index contributed by atoms with van der Waals surface area (Å²) < 4.78 is 5.31. The quantitative estimate of drug-likeness (QED) is 0.760. The Bertz CT molecular complexity index is 451. The molecular weight excluding hydrogens is 264 g/mol. The summed E-state index contributed by atoms with van der Waals surface area (Å²) in [5.74, 6) is 1.47. The molecule has 1 fully saturated rings. The van der Waals surface area contributed by atoms with Crippen LogP contribution < -0.4 is 11.1 Å². The van der Waals surface area contributed by atoms with Crippen LogP contribution in [-0.2, 0) is 4.79 Å². The fourth-order valence-electron chi connectivity index (χ4n) is 2.87. The molecule has 106 valence electrons. The zero-order valence-corrected chi connectivity index (χ0v) is 12.1. The van der Waals surface area contributed by atoms with Crippen LogP contribution in [0.2, 0.25) is 0 Å². The number of aryl methyl sites for hydroxylation is 1. The van der Waals surface area contributed by atoms with E-state index in [0.717, 1.165) is 31.4 Å². The smallest absolute Gasteiger partial charge is 0.276 e. The Morgan fingerprint density at radius 2 is 2.42 bits per heavy atom. The molecule has 2 unspecified atom stereocenters. The van der Waals surface area contributed by atoms with E-state index in [0.29, 0.717) is 11.1 Å². The van der Waals surface area contributed by atoms with Crippen molar-refractivity contribution >= 4 is 17.7 Å². The molecular formula is C12H20N4O2S. The Kier molecular flexibility index (Phi) is 4.46. The number of primary amides is 1. The van der Waals surface area contributed by atoms with Crippen LogP contribution in [0.4, 0.5) is 0 Å². The Morgan fingerprint density at radius 1 is 1.63 bits per heavy atom. The fourth-order valence-corrected chi connectivity index (χ4v) is 3.73. The minimum atomic E-state index is -0.536. The first-order valence-corrected chi connectivity index (χ1v) is 7.49. The number of carbonyl (C=O) groups is 1. The molecule has 3 N–H and O–H groups in total. The van der Waals surface area contributed by atoms with E-state index in [2.05, 4.69) is 15.5 Å². The van der Waals surface area contributed by atoms with Crippen LogP contribution in [0.3, 0.4) is 0 Å². The van der Waals surface area contributed by atoms with Crippen molar-refractivity contribution in [2.45, 2.75) is 43.4 Å². The zero-order chi connectivity index (χ0) is 13.9. The Morgan fingerprint density at radius 3 is 3.00 bits per heavy atom. The molecule has 0 saturated heterocycles. The van der Waals surface area contributed by atoms with Crippen molar-refractivity contribution in [1.82, 2.24) is 15.5 Å². The van der Waals surface area contributed by atoms with Gasteiger partial charge < -0.3 is 15.5 Å². The minimum absolute atomic E-state index is 0.240. The molecule has 0 bridgehead atoms. The van der Waals surface area contributed by atoms with Gasteiger partial charge in [-0.25, -0.2) is 0 Å². The molecule has 1 saturated carbocycles. The standard InChI is InChI=1S/C12H20N4O2S/c1-8-15-16-11(18-8)19-7-5-9-4-3-6-12(9,14-2)10(13)17/h9,14H,3-7H2,1-2H3,(H2,13,17). The van der Waals surface area contributed by atoms with E-state index >= 15 is 0 Å². The molecule has 1 aromatic heterocycles. The van der Waals surface area contributed by atoms with Gasteiger partial charge in [-0.2, -0.15) is 0 Å². The average molecular weight is 284 g/mol. The number of aromatic nitrogens is 2.